The smallest absolute Gasteiger partial charge is 0.335 e. The molecule has 0 fully saturated rings. The summed E-state index contributed by atoms with van der Waals surface area (Å²) < 4.78 is 0. The third-order valence-corrected chi connectivity index (χ3v) is 3.83. The van der Waals surface area contributed by atoms with Crippen molar-refractivity contribution in [1.29, 1.82) is 0 Å². The van der Waals surface area contributed by atoms with Crippen LogP contribution in [0.5, 0.6) is 0 Å². The van der Waals surface area contributed by atoms with Gasteiger partial charge in [-0.25, -0.2) is 4.79 Å². The number of carboxylic acid groups (broad SMARTS) is 1. The molecule has 4 nitrogen and oxygen atoms in total. The van der Waals surface area contributed by atoms with Crippen LogP contribution in [0.25, 0.3) is 16.7 Å². The van der Waals surface area contributed by atoms with Crippen molar-refractivity contribution < 1.29 is 20.1 Å². The van der Waals surface area contributed by atoms with Gasteiger partial charge >= 0.3 is 5.97 Å². The second-order valence-corrected chi connectivity index (χ2v) is 5.50. The predicted octanol–water partition coefficient (Wildman–Crippen LogP) is 3.08. The minimum atomic E-state index is -1.79. The van der Waals surface area contributed by atoms with Crippen molar-refractivity contribution in [2.24, 2.45) is 0 Å². The van der Waals surface area contributed by atoms with Gasteiger partial charge in [-0.1, -0.05) is 48.6 Å². The van der Waals surface area contributed by atoms with Gasteiger partial charge in [-0.2, -0.15) is 0 Å². The van der Waals surface area contributed by atoms with Gasteiger partial charge in [0.2, 0.25) is 0 Å². The van der Waals surface area contributed by atoms with E-state index in [4.69, 9.17) is 5.11 Å². The molecule has 3 N–H and O–H groups in total. The Morgan fingerprint density at radius 2 is 1.61 bits per heavy atom. The summed E-state index contributed by atoms with van der Waals surface area (Å²) in [6.45, 7) is 0. The van der Waals surface area contributed by atoms with Gasteiger partial charge in [0.1, 0.15) is 0 Å². The van der Waals surface area contributed by atoms with Crippen LogP contribution in [0, 0.1) is 0 Å². The fourth-order valence-electron chi connectivity index (χ4n) is 2.60. The van der Waals surface area contributed by atoms with Crippen LogP contribution < -0.4 is 0 Å². The Morgan fingerprint density at radius 1 is 0.957 bits per heavy atom. The molecule has 0 atom stereocenters. The molecular weight excluding hydrogens is 292 g/mol. The molecule has 1 aliphatic rings. The summed E-state index contributed by atoms with van der Waals surface area (Å²) in [5, 5.41) is 28.1. The second-order valence-electron chi connectivity index (χ2n) is 5.50. The van der Waals surface area contributed by atoms with E-state index < -0.39 is 11.8 Å². The summed E-state index contributed by atoms with van der Waals surface area (Å²) in [7, 11) is 0. The molecule has 0 heterocycles. The Bertz CT molecular complexity index is 798. The van der Waals surface area contributed by atoms with E-state index in [1.807, 2.05) is 24.3 Å². The molecule has 0 aliphatic heterocycles. The molecule has 23 heavy (non-hydrogen) atoms. The lowest BCUT2D eigenvalue weighted by Crippen LogP contribution is -2.25. The van der Waals surface area contributed by atoms with E-state index in [9.17, 15) is 15.0 Å². The van der Waals surface area contributed by atoms with Gasteiger partial charge in [-0.05, 0) is 40.5 Å². The largest absolute Gasteiger partial charge is 0.478 e. The van der Waals surface area contributed by atoms with E-state index in [-0.39, 0.29) is 12.0 Å². The summed E-state index contributed by atoms with van der Waals surface area (Å²) in [4.78, 5) is 11.0. The number of benzene rings is 2. The minimum absolute atomic E-state index is 0.130. The van der Waals surface area contributed by atoms with Crippen LogP contribution in [0.4, 0.5) is 0 Å². The van der Waals surface area contributed by atoms with Crippen LogP contribution in [0.15, 0.2) is 66.8 Å². The lowest BCUT2D eigenvalue weighted by atomic mass is 9.90. The molecule has 0 saturated heterocycles. The molecule has 1 aliphatic carbocycles. The van der Waals surface area contributed by atoms with Crippen LogP contribution in [-0.4, -0.2) is 27.1 Å². The summed E-state index contributed by atoms with van der Waals surface area (Å²) >= 11 is 0. The number of carbonyl (C=O) groups is 1. The van der Waals surface area contributed by atoms with E-state index in [0.29, 0.717) is 0 Å². The first kappa shape index (κ1) is 15.2. The highest BCUT2D eigenvalue weighted by Gasteiger charge is 2.21. The average molecular weight is 308 g/mol. The molecule has 0 unspecified atom stereocenters. The number of aromatic carboxylic acids is 1. The maximum Gasteiger partial charge on any atom is 0.335 e. The van der Waals surface area contributed by atoms with E-state index in [1.54, 1.807) is 36.4 Å². The molecule has 2 aromatic rings. The molecule has 4 heteroatoms. The van der Waals surface area contributed by atoms with Crippen LogP contribution in [0.2, 0.25) is 0 Å². The Morgan fingerprint density at radius 3 is 2.17 bits per heavy atom. The van der Waals surface area contributed by atoms with Gasteiger partial charge in [0, 0.05) is 6.42 Å². The highest BCUT2D eigenvalue weighted by Crippen LogP contribution is 2.33. The summed E-state index contributed by atoms with van der Waals surface area (Å²) in [5.74, 6) is -2.74. The lowest BCUT2D eigenvalue weighted by molar-refractivity contribution is -0.114. The molecule has 0 spiro atoms. The standard InChI is InChI=1S/C19H16O4/c20-18(21)15-7-5-13(6-8-15)16-3-1-2-4-17(16)14-9-11-19(22,23)12-10-14/h1-11,22-23H,12H2,(H,20,21). The van der Waals surface area contributed by atoms with E-state index in [1.165, 1.54) is 6.08 Å². The third-order valence-electron chi connectivity index (χ3n) is 3.83. The first-order valence-corrected chi connectivity index (χ1v) is 7.23. The first-order chi connectivity index (χ1) is 11.0. The van der Waals surface area contributed by atoms with Gasteiger partial charge in [0.05, 0.1) is 5.56 Å². The quantitative estimate of drug-likeness (QED) is 0.762. The van der Waals surface area contributed by atoms with Gasteiger partial charge in [-0.15, -0.1) is 0 Å². The normalized spacial score (nSPS) is 16.0. The van der Waals surface area contributed by atoms with Crippen molar-refractivity contribution in [3.63, 3.8) is 0 Å². The number of hydrogen-bond acceptors (Lipinski definition) is 3. The summed E-state index contributed by atoms with van der Waals surface area (Å²) in [6.07, 6.45) is 4.97. The molecule has 0 bridgehead atoms. The summed E-state index contributed by atoms with van der Waals surface area (Å²) in [5.41, 5.74) is 3.98. The van der Waals surface area contributed by atoms with Crippen LogP contribution >= 0.6 is 0 Å². The molecule has 0 radical (unpaired) electrons. The Hall–Kier alpha value is -2.69. The topological polar surface area (TPSA) is 77.8 Å². The number of allylic oxidation sites excluding steroid dienone is 2. The van der Waals surface area contributed by atoms with E-state index >= 15 is 0 Å². The van der Waals surface area contributed by atoms with Crippen LogP contribution in [-0.2, 0) is 0 Å². The van der Waals surface area contributed by atoms with Crippen molar-refractivity contribution in [1.82, 2.24) is 0 Å². The van der Waals surface area contributed by atoms with Gasteiger partial charge < -0.3 is 15.3 Å². The Labute approximate surface area is 133 Å². The van der Waals surface area contributed by atoms with Crippen molar-refractivity contribution in [2.75, 3.05) is 0 Å². The number of rotatable bonds is 3. The van der Waals surface area contributed by atoms with Crippen molar-refractivity contribution in [2.45, 2.75) is 12.2 Å². The fourth-order valence-corrected chi connectivity index (χ4v) is 2.60. The number of hydrogen-bond donors (Lipinski definition) is 3. The van der Waals surface area contributed by atoms with Gasteiger partial charge in [0.25, 0.3) is 0 Å². The van der Waals surface area contributed by atoms with Crippen LogP contribution in [0.1, 0.15) is 22.3 Å². The lowest BCUT2D eigenvalue weighted by Gasteiger charge is -2.21. The first-order valence-electron chi connectivity index (χ1n) is 7.23. The predicted molar refractivity (Wildman–Crippen MR) is 87.7 cm³/mol. The van der Waals surface area contributed by atoms with Gasteiger partial charge in [0.15, 0.2) is 5.79 Å². The SMILES string of the molecule is O=C(O)c1ccc(-c2ccccc2C2=CCC(O)(O)C=C2)cc1. The highest BCUT2D eigenvalue weighted by molar-refractivity contribution is 5.90. The number of carboxylic acids is 1. The monoisotopic (exact) mass is 308 g/mol. The maximum absolute atomic E-state index is 11.0. The zero-order valence-corrected chi connectivity index (χ0v) is 12.3. The molecule has 116 valence electrons. The molecule has 3 rings (SSSR count). The van der Waals surface area contributed by atoms with E-state index in [2.05, 4.69) is 0 Å². The zero-order chi connectivity index (χ0) is 16.4. The highest BCUT2D eigenvalue weighted by atomic mass is 16.5. The fraction of sp³-hybridized carbons (Fsp3) is 0.105. The minimum Gasteiger partial charge on any atom is -0.478 e. The van der Waals surface area contributed by atoms with Crippen molar-refractivity contribution in [3.8, 4) is 11.1 Å². The third kappa shape index (κ3) is 3.23. The molecule has 0 saturated carbocycles. The average Bonchev–Trinajstić information content (AvgIpc) is 2.55. The van der Waals surface area contributed by atoms with Crippen molar-refractivity contribution >= 4 is 11.5 Å². The molecular formula is C19H16O4. The second kappa shape index (κ2) is 5.83. The molecule has 0 amide bonds. The van der Waals surface area contributed by atoms with Crippen molar-refractivity contribution in [3.05, 3.63) is 77.9 Å². The van der Waals surface area contributed by atoms with E-state index in [0.717, 1.165) is 22.3 Å². The Kier molecular flexibility index (Phi) is 3.86. The molecule has 0 aromatic heterocycles. The molecule has 2 aromatic carbocycles. The summed E-state index contributed by atoms with van der Waals surface area (Å²) in [6, 6.07) is 14.4. The Balaban J connectivity index is 2.00. The number of aliphatic hydroxyl groups is 2. The maximum atomic E-state index is 11.0. The zero-order valence-electron chi connectivity index (χ0n) is 12.3. The van der Waals surface area contributed by atoms with Gasteiger partial charge in [-0.3, -0.25) is 0 Å². The van der Waals surface area contributed by atoms with Crippen LogP contribution in [0.3, 0.4) is 0 Å².